The average molecular weight is 542 g/mol. The first-order valence-corrected chi connectivity index (χ1v) is 14.6. The first-order valence-electron chi connectivity index (χ1n) is 14.6. The third-order valence-corrected chi connectivity index (χ3v) is 7.99. The highest BCUT2D eigenvalue weighted by molar-refractivity contribution is 6.32. The standard InChI is InChI=1S/C31H39N7O2/c1-5-37(6-2)30-34-29(35-31(36-30)38(7-3)8-4)33-24-19-18-23(32-20-14-10-9-11-15-20)25-26(24)28(40)22-17-13-12-16-21(22)27(25)39/h12-13,16-20,32H,5-11,14-15H2,1-4H3,(H,33,34,35,36). The van der Waals surface area contributed by atoms with Gasteiger partial charge in [0.25, 0.3) is 0 Å². The van der Waals surface area contributed by atoms with Crippen molar-refractivity contribution in [2.45, 2.75) is 65.8 Å². The highest BCUT2D eigenvalue weighted by Crippen LogP contribution is 2.38. The molecular weight excluding hydrogens is 502 g/mol. The average Bonchev–Trinajstić information content (AvgIpc) is 2.98. The molecule has 0 radical (unpaired) electrons. The summed E-state index contributed by atoms with van der Waals surface area (Å²) in [5.41, 5.74) is 2.86. The lowest BCUT2D eigenvalue weighted by Crippen LogP contribution is -2.29. The number of hydrogen-bond acceptors (Lipinski definition) is 9. The number of benzene rings is 2. The number of carbonyl (C=O) groups is 2. The smallest absolute Gasteiger partial charge is 0.233 e. The summed E-state index contributed by atoms with van der Waals surface area (Å²) in [4.78, 5) is 46.2. The van der Waals surface area contributed by atoms with Gasteiger partial charge in [0.1, 0.15) is 0 Å². The third kappa shape index (κ3) is 5.24. The fourth-order valence-corrected chi connectivity index (χ4v) is 5.74. The molecule has 2 aromatic carbocycles. The number of hydrogen-bond donors (Lipinski definition) is 2. The van der Waals surface area contributed by atoms with Crippen LogP contribution in [0.5, 0.6) is 0 Å². The van der Waals surface area contributed by atoms with E-state index in [0.29, 0.717) is 51.5 Å². The van der Waals surface area contributed by atoms with Crippen molar-refractivity contribution in [1.29, 1.82) is 0 Å². The van der Waals surface area contributed by atoms with Crippen molar-refractivity contribution in [1.82, 2.24) is 15.0 Å². The minimum absolute atomic E-state index is 0.143. The Bertz CT molecular complexity index is 1360. The zero-order valence-corrected chi connectivity index (χ0v) is 24.0. The maximum atomic E-state index is 14.0. The van der Waals surface area contributed by atoms with Gasteiger partial charge in [-0.2, -0.15) is 15.0 Å². The van der Waals surface area contributed by atoms with Gasteiger partial charge >= 0.3 is 0 Å². The number of ketones is 2. The van der Waals surface area contributed by atoms with Gasteiger partial charge in [-0.25, -0.2) is 0 Å². The van der Waals surface area contributed by atoms with Crippen molar-refractivity contribution in [2.75, 3.05) is 46.6 Å². The summed E-state index contributed by atoms with van der Waals surface area (Å²) < 4.78 is 0. The molecule has 5 rings (SSSR count). The summed E-state index contributed by atoms with van der Waals surface area (Å²) in [6, 6.07) is 11.1. The predicted octanol–water partition coefficient (Wildman–Crippen LogP) is 5.83. The van der Waals surface area contributed by atoms with E-state index in [-0.39, 0.29) is 17.6 Å². The molecule has 0 saturated heterocycles. The van der Waals surface area contributed by atoms with Gasteiger partial charge in [-0.05, 0) is 52.7 Å². The summed E-state index contributed by atoms with van der Waals surface area (Å²) in [5, 5.41) is 6.92. The van der Waals surface area contributed by atoms with Gasteiger partial charge in [-0.15, -0.1) is 0 Å². The molecule has 1 saturated carbocycles. The predicted molar refractivity (Wildman–Crippen MR) is 160 cm³/mol. The molecule has 0 aliphatic heterocycles. The molecule has 0 atom stereocenters. The number of nitrogens with zero attached hydrogens (tertiary/aromatic N) is 5. The molecule has 2 aliphatic carbocycles. The molecule has 40 heavy (non-hydrogen) atoms. The quantitative estimate of drug-likeness (QED) is 0.257. The van der Waals surface area contributed by atoms with E-state index >= 15 is 0 Å². The van der Waals surface area contributed by atoms with Crippen LogP contribution in [0.4, 0.5) is 29.2 Å². The molecule has 3 aromatic rings. The lowest BCUT2D eigenvalue weighted by molar-refractivity contribution is 0.0980. The van der Waals surface area contributed by atoms with E-state index in [1.807, 2.05) is 12.1 Å². The monoisotopic (exact) mass is 541 g/mol. The van der Waals surface area contributed by atoms with Crippen LogP contribution < -0.4 is 20.4 Å². The summed E-state index contributed by atoms with van der Waals surface area (Å²) in [5.74, 6) is 1.16. The van der Waals surface area contributed by atoms with Crippen molar-refractivity contribution in [3.05, 3.63) is 58.7 Å². The van der Waals surface area contributed by atoms with E-state index < -0.39 is 0 Å². The minimum atomic E-state index is -0.179. The van der Waals surface area contributed by atoms with Gasteiger partial charge in [-0.3, -0.25) is 9.59 Å². The number of carbonyl (C=O) groups excluding carboxylic acids is 2. The van der Waals surface area contributed by atoms with Crippen LogP contribution in [0.1, 0.15) is 91.6 Å². The fourth-order valence-electron chi connectivity index (χ4n) is 5.74. The molecule has 0 amide bonds. The molecule has 0 unspecified atom stereocenters. The van der Waals surface area contributed by atoms with Gasteiger partial charge in [0.05, 0.1) is 16.8 Å². The van der Waals surface area contributed by atoms with Crippen LogP contribution in [0, 0.1) is 0 Å². The second-order valence-corrected chi connectivity index (χ2v) is 10.3. The van der Waals surface area contributed by atoms with Crippen LogP contribution in [0.2, 0.25) is 0 Å². The normalized spacial score (nSPS) is 14.9. The van der Waals surface area contributed by atoms with Crippen LogP contribution in [0.25, 0.3) is 0 Å². The summed E-state index contributed by atoms with van der Waals surface area (Å²) in [7, 11) is 0. The largest absolute Gasteiger partial charge is 0.382 e. The van der Waals surface area contributed by atoms with E-state index in [1.54, 1.807) is 24.3 Å². The van der Waals surface area contributed by atoms with Crippen LogP contribution in [0.15, 0.2) is 36.4 Å². The number of nitrogens with one attached hydrogen (secondary N) is 2. The summed E-state index contributed by atoms with van der Waals surface area (Å²) >= 11 is 0. The Morgan fingerprint density at radius 2 is 1.20 bits per heavy atom. The molecule has 2 N–H and O–H groups in total. The lowest BCUT2D eigenvalue weighted by Gasteiger charge is -2.28. The van der Waals surface area contributed by atoms with E-state index in [0.717, 1.165) is 39.0 Å². The van der Waals surface area contributed by atoms with Crippen molar-refractivity contribution < 1.29 is 9.59 Å². The highest BCUT2D eigenvalue weighted by atomic mass is 16.1. The van der Waals surface area contributed by atoms with Crippen molar-refractivity contribution in [2.24, 2.45) is 0 Å². The molecule has 0 spiro atoms. The summed E-state index contributed by atoms with van der Waals surface area (Å²) in [6.07, 6.45) is 5.68. The SMILES string of the molecule is CCN(CC)c1nc(Nc2ccc(NC3CCCCC3)c3c2C(=O)c2ccccc2C3=O)nc(N(CC)CC)n1. The molecular formula is C31H39N7O2. The zero-order valence-electron chi connectivity index (χ0n) is 24.0. The number of aromatic nitrogens is 3. The first kappa shape index (κ1) is 27.6. The van der Waals surface area contributed by atoms with Crippen molar-refractivity contribution >= 4 is 40.8 Å². The second kappa shape index (κ2) is 12.0. The number of fused-ring (bicyclic) bond motifs is 2. The molecule has 1 heterocycles. The second-order valence-electron chi connectivity index (χ2n) is 10.3. The minimum Gasteiger partial charge on any atom is -0.382 e. The van der Waals surface area contributed by atoms with Crippen LogP contribution in [-0.2, 0) is 0 Å². The Morgan fingerprint density at radius 1 is 0.700 bits per heavy atom. The van der Waals surface area contributed by atoms with Crippen molar-refractivity contribution in [3.63, 3.8) is 0 Å². The Labute approximate surface area is 236 Å². The van der Waals surface area contributed by atoms with E-state index in [1.165, 1.54) is 19.3 Å². The number of rotatable bonds is 10. The molecule has 9 heteroatoms. The van der Waals surface area contributed by atoms with Crippen LogP contribution in [-0.4, -0.2) is 58.7 Å². The first-order chi connectivity index (χ1) is 19.5. The van der Waals surface area contributed by atoms with Crippen molar-refractivity contribution in [3.8, 4) is 0 Å². The van der Waals surface area contributed by atoms with Gasteiger partial charge < -0.3 is 20.4 Å². The van der Waals surface area contributed by atoms with Gasteiger partial charge in [0.15, 0.2) is 11.6 Å². The Kier molecular flexibility index (Phi) is 8.28. The fraction of sp³-hybridized carbons (Fsp3) is 0.452. The maximum Gasteiger partial charge on any atom is 0.233 e. The topological polar surface area (TPSA) is 103 Å². The third-order valence-electron chi connectivity index (χ3n) is 7.99. The van der Waals surface area contributed by atoms with Crippen LogP contribution in [0.3, 0.4) is 0 Å². The Morgan fingerprint density at radius 3 is 1.73 bits per heavy atom. The molecule has 1 aromatic heterocycles. The lowest BCUT2D eigenvalue weighted by atomic mass is 9.82. The van der Waals surface area contributed by atoms with Gasteiger partial charge in [0, 0.05) is 49.0 Å². The molecule has 1 fully saturated rings. The Balaban J connectivity index is 1.61. The molecule has 0 bridgehead atoms. The van der Waals surface area contributed by atoms with Gasteiger partial charge in [-0.1, -0.05) is 43.5 Å². The maximum absolute atomic E-state index is 14.0. The van der Waals surface area contributed by atoms with E-state index in [9.17, 15) is 9.59 Å². The summed E-state index contributed by atoms with van der Waals surface area (Å²) in [6.45, 7) is 11.2. The molecule has 210 valence electrons. The molecule has 9 nitrogen and oxygen atoms in total. The Hall–Kier alpha value is -4.01. The van der Waals surface area contributed by atoms with E-state index in [2.05, 4.69) is 48.1 Å². The molecule has 2 aliphatic rings. The zero-order chi connectivity index (χ0) is 28.2. The van der Waals surface area contributed by atoms with E-state index in [4.69, 9.17) is 15.0 Å². The highest BCUT2D eigenvalue weighted by Gasteiger charge is 2.34. The number of anilines is 5. The van der Waals surface area contributed by atoms with Crippen LogP contribution >= 0.6 is 0 Å². The van der Waals surface area contributed by atoms with Gasteiger partial charge in [0.2, 0.25) is 17.8 Å².